The van der Waals surface area contributed by atoms with Gasteiger partial charge in [0.1, 0.15) is 10.8 Å². The first-order valence-electron chi connectivity index (χ1n) is 7.93. The van der Waals surface area contributed by atoms with E-state index in [1.165, 1.54) is 21.3 Å². The number of rotatable bonds is 9. The number of thioether (sulfide) groups is 1. The van der Waals surface area contributed by atoms with Crippen LogP contribution in [0.25, 0.3) is 0 Å². The average molecular weight is 391 g/mol. The molecule has 0 fully saturated rings. The van der Waals surface area contributed by atoms with Crippen LogP contribution in [0.4, 0.5) is 0 Å². The zero-order valence-electron chi connectivity index (χ0n) is 15.3. The predicted octanol–water partition coefficient (Wildman–Crippen LogP) is 1.61. The second-order valence-corrected chi connectivity index (χ2v) is 6.28. The molecule has 2 aromatic rings. The van der Waals surface area contributed by atoms with Crippen molar-refractivity contribution in [2.24, 2.45) is 5.73 Å². The largest absolute Gasteiger partial charge is 0.496 e. The first kappa shape index (κ1) is 20.4. The highest BCUT2D eigenvalue weighted by molar-refractivity contribution is 8.00. The molecule has 8 nitrogen and oxygen atoms in total. The maximum atomic E-state index is 12.6. The molecule has 0 aliphatic heterocycles. The quantitative estimate of drug-likeness (QED) is 0.625. The SMILES string of the molecule is COc1cc(OC)c(OC)cc1CNC(=O)c1cccnc1SCC(N)=O. The van der Waals surface area contributed by atoms with Gasteiger partial charge in [0.05, 0.1) is 32.6 Å². The molecule has 0 bridgehead atoms. The summed E-state index contributed by atoms with van der Waals surface area (Å²) in [6, 6.07) is 6.72. The summed E-state index contributed by atoms with van der Waals surface area (Å²) in [5.41, 5.74) is 6.25. The number of nitrogens with zero attached hydrogens (tertiary/aromatic N) is 1. The van der Waals surface area contributed by atoms with E-state index < -0.39 is 5.91 Å². The Labute approximate surface area is 161 Å². The Bertz CT molecular complexity index is 829. The number of methoxy groups -OCH3 is 3. The highest BCUT2D eigenvalue weighted by Crippen LogP contribution is 2.34. The van der Waals surface area contributed by atoms with Crippen molar-refractivity contribution in [2.75, 3.05) is 27.1 Å². The molecule has 0 spiro atoms. The standard InChI is InChI=1S/C18H21N3O5S/c1-24-13-8-15(26-3)14(25-2)7-11(13)9-21-17(23)12-5-4-6-20-18(12)27-10-16(19)22/h4-8H,9-10H2,1-3H3,(H2,19,22)(H,21,23). The number of ether oxygens (including phenoxy) is 3. The second kappa shape index (κ2) is 9.67. The predicted molar refractivity (Wildman–Crippen MR) is 101 cm³/mol. The molecule has 1 aromatic carbocycles. The van der Waals surface area contributed by atoms with E-state index in [-0.39, 0.29) is 18.2 Å². The first-order valence-corrected chi connectivity index (χ1v) is 8.91. The zero-order chi connectivity index (χ0) is 19.8. The molecule has 0 aliphatic rings. The van der Waals surface area contributed by atoms with Crippen molar-refractivity contribution >= 4 is 23.6 Å². The van der Waals surface area contributed by atoms with Crippen LogP contribution in [0.5, 0.6) is 17.2 Å². The lowest BCUT2D eigenvalue weighted by Crippen LogP contribution is -2.24. The Morgan fingerprint density at radius 1 is 1.11 bits per heavy atom. The summed E-state index contributed by atoms with van der Waals surface area (Å²) in [5.74, 6) is 0.853. The van der Waals surface area contributed by atoms with Crippen LogP contribution in [0.2, 0.25) is 0 Å². The summed E-state index contributed by atoms with van der Waals surface area (Å²) in [6.07, 6.45) is 1.55. The number of carbonyl (C=O) groups excluding carboxylic acids is 2. The Morgan fingerprint density at radius 3 is 2.41 bits per heavy atom. The van der Waals surface area contributed by atoms with Gasteiger partial charge < -0.3 is 25.3 Å². The summed E-state index contributed by atoms with van der Waals surface area (Å²) < 4.78 is 15.9. The van der Waals surface area contributed by atoms with Gasteiger partial charge in [0.25, 0.3) is 5.91 Å². The molecule has 1 heterocycles. The van der Waals surface area contributed by atoms with E-state index in [4.69, 9.17) is 19.9 Å². The molecule has 27 heavy (non-hydrogen) atoms. The minimum Gasteiger partial charge on any atom is -0.496 e. The maximum Gasteiger partial charge on any atom is 0.254 e. The molecule has 0 saturated heterocycles. The summed E-state index contributed by atoms with van der Waals surface area (Å²) in [7, 11) is 4.60. The third kappa shape index (κ3) is 5.27. The van der Waals surface area contributed by atoms with Crippen molar-refractivity contribution in [1.82, 2.24) is 10.3 Å². The number of aromatic nitrogens is 1. The summed E-state index contributed by atoms with van der Waals surface area (Å²) in [6.45, 7) is 0.206. The van der Waals surface area contributed by atoms with Gasteiger partial charge >= 0.3 is 0 Å². The Balaban J connectivity index is 2.17. The van der Waals surface area contributed by atoms with Crippen LogP contribution in [0, 0.1) is 0 Å². The van der Waals surface area contributed by atoms with Crippen LogP contribution >= 0.6 is 11.8 Å². The smallest absolute Gasteiger partial charge is 0.254 e. The van der Waals surface area contributed by atoms with Crippen molar-refractivity contribution < 1.29 is 23.8 Å². The highest BCUT2D eigenvalue weighted by Gasteiger charge is 2.16. The molecule has 2 amide bonds. The van der Waals surface area contributed by atoms with Gasteiger partial charge in [-0.25, -0.2) is 4.98 Å². The van der Waals surface area contributed by atoms with Crippen molar-refractivity contribution in [2.45, 2.75) is 11.6 Å². The minimum absolute atomic E-state index is 0.0425. The molecule has 0 saturated carbocycles. The van der Waals surface area contributed by atoms with E-state index >= 15 is 0 Å². The van der Waals surface area contributed by atoms with Crippen molar-refractivity contribution in [1.29, 1.82) is 0 Å². The molecule has 144 valence electrons. The number of hydrogen-bond acceptors (Lipinski definition) is 7. The number of pyridine rings is 1. The molecular formula is C18H21N3O5S. The monoisotopic (exact) mass is 391 g/mol. The van der Waals surface area contributed by atoms with Crippen molar-refractivity contribution in [3.8, 4) is 17.2 Å². The van der Waals surface area contributed by atoms with Crippen LogP contribution < -0.4 is 25.3 Å². The molecular weight excluding hydrogens is 370 g/mol. The number of primary amides is 1. The Morgan fingerprint density at radius 2 is 1.78 bits per heavy atom. The summed E-state index contributed by atoms with van der Waals surface area (Å²) >= 11 is 1.12. The number of nitrogens with two attached hydrogens (primary N) is 1. The van der Waals surface area contributed by atoms with Crippen LogP contribution in [-0.2, 0) is 11.3 Å². The number of carbonyl (C=O) groups is 2. The fourth-order valence-corrected chi connectivity index (χ4v) is 3.05. The molecule has 1 aromatic heterocycles. The van der Waals surface area contributed by atoms with E-state index in [1.807, 2.05) is 0 Å². The minimum atomic E-state index is -0.480. The fraction of sp³-hybridized carbons (Fsp3) is 0.278. The number of hydrogen-bond donors (Lipinski definition) is 2. The number of nitrogens with one attached hydrogen (secondary N) is 1. The van der Waals surface area contributed by atoms with Gasteiger partial charge in [0.2, 0.25) is 5.91 Å². The highest BCUT2D eigenvalue weighted by atomic mass is 32.2. The van der Waals surface area contributed by atoms with Crippen LogP contribution in [-0.4, -0.2) is 43.9 Å². The van der Waals surface area contributed by atoms with Crippen LogP contribution in [0.15, 0.2) is 35.5 Å². The zero-order valence-corrected chi connectivity index (χ0v) is 16.1. The lowest BCUT2D eigenvalue weighted by Gasteiger charge is -2.15. The van der Waals surface area contributed by atoms with E-state index in [1.54, 1.807) is 30.5 Å². The van der Waals surface area contributed by atoms with Gasteiger partial charge in [-0.1, -0.05) is 11.8 Å². The molecule has 2 rings (SSSR count). The summed E-state index contributed by atoms with van der Waals surface area (Å²) in [5, 5.41) is 3.26. The fourth-order valence-electron chi connectivity index (χ4n) is 2.32. The Hall–Kier alpha value is -2.94. The van der Waals surface area contributed by atoms with E-state index in [2.05, 4.69) is 10.3 Å². The van der Waals surface area contributed by atoms with Crippen LogP contribution in [0.3, 0.4) is 0 Å². The molecule has 0 unspecified atom stereocenters. The van der Waals surface area contributed by atoms with E-state index in [0.29, 0.717) is 27.8 Å². The normalized spacial score (nSPS) is 10.2. The van der Waals surface area contributed by atoms with E-state index in [9.17, 15) is 9.59 Å². The Kier molecular flexibility index (Phi) is 7.30. The molecule has 9 heteroatoms. The van der Waals surface area contributed by atoms with Gasteiger partial charge in [-0.2, -0.15) is 0 Å². The lowest BCUT2D eigenvalue weighted by molar-refractivity contribution is -0.115. The first-order chi connectivity index (χ1) is 13.0. The molecule has 0 radical (unpaired) electrons. The number of benzene rings is 1. The third-order valence-electron chi connectivity index (χ3n) is 3.59. The number of amides is 2. The molecule has 0 atom stereocenters. The molecule has 3 N–H and O–H groups in total. The van der Waals surface area contributed by atoms with Gasteiger partial charge in [-0.05, 0) is 18.2 Å². The topological polar surface area (TPSA) is 113 Å². The van der Waals surface area contributed by atoms with Gasteiger partial charge in [-0.3, -0.25) is 9.59 Å². The maximum absolute atomic E-state index is 12.6. The van der Waals surface area contributed by atoms with Gasteiger partial charge in [-0.15, -0.1) is 0 Å². The van der Waals surface area contributed by atoms with Crippen molar-refractivity contribution in [3.05, 3.63) is 41.6 Å². The van der Waals surface area contributed by atoms with Crippen molar-refractivity contribution in [3.63, 3.8) is 0 Å². The lowest BCUT2D eigenvalue weighted by atomic mass is 10.1. The summed E-state index contributed by atoms with van der Waals surface area (Å²) in [4.78, 5) is 27.7. The average Bonchev–Trinajstić information content (AvgIpc) is 2.69. The van der Waals surface area contributed by atoms with Gasteiger partial charge in [0, 0.05) is 24.4 Å². The van der Waals surface area contributed by atoms with Gasteiger partial charge in [0.15, 0.2) is 11.5 Å². The van der Waals surface area contributed by atoms with Crippen LogP contribution in [0.1, 0.15) is 15.9 Å². The van der Waals surface area contributed by atoms with E-state index in [0.717, 1.165) is 17.3 Å². The third-order valence-corrected chi connectivity index (χ3v) is 4.62. The second-order valence-electron chi connectivity index (χ2n) is 5.31. The molecule has 0 aliphatic carbocycles.